The van der Waals surface area contributed by atoms with Gasteiger partial charge in [0.25, 0.3) is 5.91 Å². The van der Waals surface area contributed by atoms with Gasteiger partial charge in [-0.25, -0.2) is 16.8 Å². The first-order chi connectivity index (χ1) is 19.0. The van der Waals surface area contributed by atoms with Crippen molar-refractivity contribution in [1.82, 2.24) is 9.21 Å². The van der Waals surface area contributed by atoms with Crippen molar-refractivity contribution in [2.24, 2.45) is 23.5 Å². The topological polar surface area (TPSA) is 133 Å². The molecule has 1 amide bonds. The Balaban J connectivity index is 1.30. The van der Waals surface area contributed by atoms with E-state index in [1.54, 1.807) is 28.6 Å². The maximum atomic E-state index is 13.4. The number of rotatable bonds is 10. The summed E-state index contributed by atoms with van der Waals surface area (Å²) in [5.41, 5.74) is 7.52. The van der Waals surface area contributed by atoms with E-state index in [0.717, 1.165) is 48.0 Å². The summed E-state index contributed by atoms with van der Waals surface area (Å²) in [5, 5.41) is 2.81. The normalized spacial score (nSPS) is 19.8. The second-order valence-corrected chi connectivity index (χ2v) is 15.4. The lowest BCUT2D eigenvalue weighted by Gasteiger charge is -2.38. The van der Waals surface area contributed by atoms with Gasteiger partial charge in [0.15, 0.2) is 0 Å². The number of sulfonamides is 2. The zero-order chi connectivity index (χ0) is 28.7. The fraction of sp³-hybridized carbons (Fsp3) is 0.536. The quantitative estimate of drug-likeness (QED) is 0.435. The molecule has 40 heavy (non-hydrogen) atoms. The number of piperidine rings is 1. The minimum atomic E-state index is -3.61. The van der Waals surface area contributed by atoms with E-state index in [1.165, 1.54) is 32.0 Å². The van der Waals surface area contributed by atoms with Crippen LogP contribution in [0, 0.1) is 17.8 Å². The largest absolute Gasteiger partial charge is 0.330 e. The Bertz CT molecular complexity index is 1440. The molecule has 3 fully saturated rings. The molecule has 0 radical (unpaired) electrons. The molecule has 0 aromatic heterocycles. The summed E-state index contributed by atoms with van der Waals surface area (Å²) in [6.45, 7) is 4.12. The summed E-state index contributed by atoms with van der Waals surface area (Å²) < 4.78 is 53.6. The van der Waals surface area contributed by atoms with Gasteiger partial charge in [-0.2, -0.15) is 4.31 Å². The zero-order valence-corrected chi connectivity index (χ0v) is 24.8. The summed E-state index contributed by atoms with van der Waals surface area (Å²) in [4.78, 5) is 15.8. The predicted octanol–water partition coefficient (Wildman–Crippen LogP) is 2.54. The lowest BCUT2D eigenvalue weighted by Crippen LogP contribution is -2.49. The number of amides is 1. The van der Waals surface area contributed by atoms with Crippen LogP contribution in [0.3, 0.4) is 0 Å². The molecule has 3 N–H and O–H groups in total. The Morgan fingerprint density at radius 1 is 0.975 bits per heavy atom. The van der Waals surface area contributed by atoms with Crippen molar-refractivity contribution in [2.45, 2.75) is 37.1 Å². The first kappa shape index (κ1) is 29.0. The van der Waals surface area contributed by atoms with Crippen LogP contribution in [0.4, 0.5) is 11.4 Å². The molecular formula is C28H39N5O5S2. The molecule has 1 aliphatic carbocycles. The van der Waals surface area contributed by atoms with Gasteiger partial charge in [-0.3, -0.25) is 14.0 Å². The van der Waals surface area contributed by atoms with Crippen LogP contribution in [0.1, 0.15) is 41.6 Å². The van der Waals surface area contributed by atoms with Crippen LogP contribution >= 0.6 is 0 Å². The lowest BCUT2D eigenvalue weighted by molar-refractivity contribution is 0.0976. The van der Waals surface area contributed by atoms with E-state index in [1.807, 2.05) is 6.07 Å². The maximum Gasteiger partial charge on any atom is 0.257 e. The molecule has 2 aromatic rings. The van der Waals surface area contributed by atoms with Crippen molar-refractivity contribution >= 4 is 37.3 Å². The number of anilines is 2. The summed E-state index contributed by atoms with van der Waals surface area (Å²) >= 11 is 0. The molecule has 0 spiro atoms. The minimum absolute atomic E-state index is 0.195. The first-order valence-electron chi connectivity index (χ1n) is 13.9. The smallest absolute Gasteiger partial charge is 0.257 e. The van der Waals surface area contributed by atoms with Gasteiger partial charge < -0.3 is 11.1 Å². The van der Waals surface area contributed by atoms with Gasteiger partial charge in [-0.1, -0.05) is 6.07 Å². The third kappa shape index (κ3) is 6.36. The van der Waals surface area contributed by atoms with Gasteiger partial charge in [0.2, 0.25) is 20.0 Å². The second-order valence-electron chi connectivity index (χ2n) is 11.4. The molecule has 218 valence electrons. The second kappa shape index (κ2) is 11.4. The SMILES string of the molecule is CN(c1ccc(CN2CC(CN)C2)cc1C(=O)Nc1ccc(S(=O)(=O)N2CCC(C3CC3)CC2)cc1)S(C)(=O)=O. The summed E-state index contributed by atoms with van der Waals surface area (Å²) in [6.07, 6.45) is 5.45. The molecular weight excluding hydrogens is 550 g/mol. The summed E-state index contributed by atoms with van der Waals surface area (Å²) in [5.74, 6) is 1.42. The van der Waals surface area contributed by atoms with Crippen LogP contribution in [0.5, 0.6) is 0 Å². The lowest BCUT2D eigenvalue weighted by atomic mass is 9.93. The van der Waals surface area contributed by atoms with Crippen molar-refractivity contribution in [2.75, 3.05) is 55.6 Å². The molecule has 2 aromatic carbocycles. The predicted molar refractivity (Wildman–Crippen MR) is 156 cm³/mol. The van der Waals surface area contributed by atoms with Crippen molar-refractivity contribution in [1.29, 1.82) is 0 Å². The van der Waals surface area contributed by atoms with Crippen LogP contribution in [0.15, 0.2) is 47.4 Å². The van der Waals surface area contributed by atoms with Gasteiger partial charge in [-0.15, -0.1) is 0 Å². The van der Waals surface area contributed by atoms with E-state index < -0.39 is 26.0 Å². The number of carbonyl (C=O) groups is 1. The zero-order valence-electron chi connectivity index (χ0n) is 23.1. The highest BCUT2D eigenvalue weighted by atomic mass is 32.2. The van der Waals surface area contributed by atoms with Gasteiger partial charge in [-0.05, 0) is 91.9 Å². The highest BCUT2D eigenvalue weighted by Crippen LogP contribution is 2.42. The van der Waals surface area contributed by atoms with Crippen molar-refractivity contribution in [3.05, 3.63) is 53.6 Å². The fourth-order valence-corrected chi connectivity index (χ4v) is 7.73. The average molecular weight is 590 g/mol. The number of hydrogen-bond acceptors (Lipinski definition) is 7. The van der Waals surface area contributed by atoms with Gasteiger partial charge in [0.1, 0.15) is 0 Å². The molecule has 0 unspecified atom stereocenters. The van der Waals surface area contributed by atoms with Crippen molar-refractivity contribution < 1.29 is 21.6 Å². The van der Waals surface area contributed by atoms with Crippen LogP contribution in [-0.2, 0) is 26.6 Å². The van der Waals surface area contributed by atoms with Gasteiger partial charge in [0.05, 0.1) is 22.4 Å². The average Bonchev–Trinajstić information content (AvgIpc) is 3.75. The van der Waals surface area contributed by atoms with Crippen LogP contribution in [0.2, 0.25) is 0 Å². The first-order valence-corrected chi connectivity index (χ1v) is 17.2. The van der Waals surface area contributed by atoms with E-state index in [2.05, 4.69) is 10.2 Å². The Labute approximate surface area is 237 Å². The maximum absolute atomic E-state index is 13.4. The van der Waals surface area contributed by atoms with Crippen molar-refractivity contribution in [3.8, 4) is 0 Å². The Hall–Kier alpha value is -2.51. The number of likely N-dealkylation sites (tertiary alicyclic amines) is 1. The van der Waals surface area contributed by atoms with Gasteiger partial charge >= 0.3 is 0 Å². The molecule has 0 bridgehead atoms. The fourth-order valence-electron chi connectivity index (χ4n) is 5.74. The molecule has 10 nitrogen and oxygen atoms in total. The van der Waals surface area contributed by atoms with E-state index in [0.29, 0.717) is 43.7 Å². The van der Waals surface area contributed by atoms with Crippen LogP contribution in [0.25, 0.3) is 0 Å². The monoisotopic (exact) mass is 589 g/mol. The van der Waals surface area contributed by atoms with Crippen molar-refractivity contribution in [3.63, 3.8) is 0 Å². The number of nitrogens with one attached hydrogen (secondary N) is 1. The number of benzene rings is 2. The Morgan fingerprint density at radius 2 is 1.60 bits per heavy atom. The number of carbonyl (C=O) groups excluding carboxylic acids is 1. The summed E-state index contributed by atoms with van der Waals surface area (Å²) in [7, 11) is -5.80. The molecule has 12 heteroatoms. The van der Waals surface area contributed by atoms with Crippen LogP contribution in [-0.4, -0.2) is 78.0 Å². The highest BCUT2D eigenvalue weighted by molar-refractivity contribution is 7.92. The molecule has 2 saturated heterocycles. The minimum Gasteiger partial charge on any atom is -0.330 e. The number of hydrogen-bond donors (Lipinski definition) is 2. The van der Waals surface area contributed by atoms with E-state index in [4.69, 9.17) is 5.73 Å². The molecule has 2 heterocycles. The van der Waals surface area contributed by atoms with E-state index in [9.17, 15) is 21.6 Å². The Morgan fingerprint density at radius 3 is 2.17 bits per heavy atom. The third-order valence-corrected chi connectivity index (χ3v) is 11.6. The molecule has 5 rings (SSSR count). The Kier molecular flexibility index (Phi) is 8.27. The summed E-state index contributed by atoms with van der Waals surface area (Å²) in [6, 6.07) is 11.3. The molecule has 1 saturated carbocycles. The highest BCUT2D eigenvalue weighted by Gasteiger charge is 2.36. The van der Waals surface area contributed by atoms with E-state index in [-0.39, 0.29) is 16.1 Å². The molecule has 0 atom stereocenters. The number of nitrogens with two attached hydrogens (primary N) is 1. The van der Waals surface area contributed by atoms with Gasteiger partial charge in [0, 0.05) is 45.5 Å². The third-order valence-electron chi connectivity index (χ3n) is 8.45. The molecule has 3 aliphatic rings. The number of nitrogens with zero attached hydrogens (tertiary/aromatic N) is 3. The van der Waals surface area contributed by atoms with E-state index >= 15 is 0 Å². The van der Waals surface area contributed by atoms with Crippen LogP contribution < -0.4 is 15.4 Å². The molecule has 2 aliphatic heterocycles. The standard InChI is InChI=1S/C28H39N5O5S2/c1-31(39(2,35)36)27-10-3-20(17-32-18-21(16-29)19-32)15-26(27)28(34)30-24-6-8-25(9-7-24)40(37,38)33-13-11-23(12-14-33)22-4-5-22/h3,6-10,15,21-23H,4-5,11-14,16-19,29H2,1-2H3,(H,30,34).